The number of carboxylic acids is 2. The topological polar surface area (TPSA) is 109 Å². The maximum atomic E-state index is 13.5. The van der Waals surface area contributed by atoms with E-state index in [1.807, 2.05) is 6.07 Å². The molecule has 158 valence electrons. The van der Waals surface area contributed by atoms with E-state index in [1.54, 1.807) is 12.1 Å². The van der Waals surface area contributed by atoms with E-state index in [-0.39, 0.29) is 7.43 Å². The van der Waals surface area contributed by atoms with Crippen molar-refractivity contribution in [3.63, 3.8) is 0 Å². The number of ketones is 1. The minimum Gasteiger partial charge on any atom is -0.473 e. The van der Waals surface area contributed by atoms with Gasteiger partial charge in [-0.05, 0) is 24.6 Å². The molecule has 1 aromatic heterocycles. The zero-order chi connectivity index (χ0) is 20.6. The number of halogens is 3. The van der Waals surface area contributed by atoms with Crippen LogP contribution in [0.4, 0.5) is 13.2 Å². The first-order chi connectivity index (χ1) is 13.1. The zero-order valence-corrected chi connectivity index (χ0v) is 14.5. The molecule has 3 heterocycles. The van der Waals surface area contributed by atoms with Gasteiger partial charge in [-0.25, -0.2) is 9.59 Å². The summed E-state index contributed by atoms with van der Waals surface area (Å²) in [7, 11) is 0. The fourth-order valence-electron chi connectivity index (χ4n) is 3.79. The van der Waals surface area contributed by atoms with Crippen molar-refractivity contribution in [1.29, 1.82) is 0 Å². The van der Waals surface area contributed by atoms with Crippen molar-refractivity contribution < 1.29 is 37.8 Å². The van der Waals surface area contributed by atoms with Crippen LogP contribution in [0.3, 0.4) is 0 Å². The van der Waals surface area contributed by atoms with Gasteiger partial charge in [-0.1, -0.05) is 19.6 Å². The molecule has 10 heteroatoms. The number of aliphatic carboxylic acids is 2. The average molecular weight is 414 g/mol. The predicted octanol–water partition coefficient (Wildman–Crippen LogP) is 2.81. The number of hydrogen-bond acceptors (Lipinski definition) is 4. The summed E-state index contributed by atoms with van der Waals surface area (Å²) in [5.41, 5.74) is 2.61. The van der Waals surface area contributed by atoms with Crippen LogP contribution >= 0.6 is 0 Å². The number of benzene rings is 1. The molecule has 0 spiro atoms. The van der Waals surface area contributed by atoms with Gasteiger partial charge in [0, 0.05) is 36.0 Å². The first-order valence-corrected chi connectivity index (χ1v) is 8.54. The summed E-state index contributed by atoms with van der Waals surface area (Å²) in [5.74, 6) is -4.06. The van der Waals surface area contributed by atoms with E-state index in [0.717, 1.165) is 23.2 Å². The lowest BCUT2D eigenvalue weighted by molar-refractivity contribution is -0.166. The summed E-state index contributed by atoms with van der Waals surface area (Å²) in [4.78, 5) is 30.4. The lowest BCUT2D eigenvalue weighted by atomic mass is 9.96. The Bertz CT molecular complexity index is 953. The molecular formula is C19H21F3N2O5. The molecule has 0 saturated carbocycles. The lowest BCUT2D eigenvalue weighted by Gasteiger charge is -2.29. The second-order valence-electron chi connectivity index (χ2n) is 6.54. The Morgan fingerprint density at radius 3 is 2.31 bits per heavy atom. The van der Waals surface area contributed by atoms with Crippen LogP contribution in [-0.4, -0.2) is 51.8 Å². The van der Waals surface area contributed by atoms with Gasteiger partial charge in [0.2, 0.25) is 0 Å². The van der Waals surface area contributed by atoms with Crippen LogP contribution < -0.4 is 5.32 Å². The fourth-order valence-corrected chi connectivity index (χ4v) is 3.79. The Hall–Kier alpha value is -2.88. The van der Waals surface area contributed by atoms with Crippen molar-refractivity contribution in [2.24, 2.45) is 0 Å². The fraction of sp³-hybridized carbons (Fsp3) is 0.421. The SMILES string of the molecule is C.O=C(O)C(=O)O.O=C1CC(C(F)(F)F)n2c3c(c4cccc1c42)CCNCC3. The molecule has 0 amide bonds. The Morgan fingerprint density at radius 2 is 1.72 bits per heavy atom. The van der Waals surface area contributed by atoms with E-state index >= 15 is 0 Å². The third kappa shape index (κ3) is 4.12. The molecule has 29 heavy (non-hydrogen) atoms. The zero-order valence-electron chi connectivity index (χ0n) is 14.5. The van der Waals surface area contributed by atoms with Crippen molar-refractivity contribution in [3.05, 3.63) is 35.0 Å². The van der Waals surface area contributed by atoms with E-state index in [1.165, 1.54) is 4.57 Å². The molecule has 7 nitrogen and oxygen atoms in total. The molecule has 2 aromatic rings. The molecule has 4 rings (SSSR count). The van der Waals surface area contributed by atoms with Crippen LogP contribution in [0.1, 0.15) is 41.5 Å². The van der Waals surface area contributed by atoms with Crippen LogP contribution in [0.2, 0.25) is 0 Å². The summed E-state index contributed by atoms with van der Waals surface area (Å²) >= 11 is 0. The summed E-state index contributed by atoms with van der Waals surface area (Å²) in [5, 5.41) is 18.8. The standard InChI is InChI=1S/C16H15F3N2O.C2H2O4.CH4/c17-16(18,19)14-8-13(22)11-3-1-2-10-9-4-6-20-7-5-12(9)21(14)15(10)11;3-1(4)2(5)6;/h1-3,14,20H,4-8H2;(H,3,4)(H,5,6);1H4. The number of para-hydroxylation sites is 1. The van der Waals surface area contributed by atoms with Gasteiger partial charge in [-0.15, -0.1) is 0 Å². The number of hydrogen-bond donors (Lipinski definition) is 3. The lowest BCUT2D eigenvalue weighted by Crippen LogP contribution is -2.33. The minimum absolute atomic E-state index is 0. The Kier molecular flexibility index (Phi) is 6.37. The number of rotatable bonds is 0. The average Bonchev–Trinajstić information content (AvgIpc) is 2.78. The third-order valence-corrected chi connectivity index (χ3v) is 4.88. The van der Waals surface area contributed by atoms with Crippen LogP contribution in [0.5, 0.6) is 0 Å². The third-order valence-electron chi connectivity index (χ3n) is 4.88. The molecule has 2 aliphatic rings. The molecule has 0 bridgehead atoms. The van der Waals surface area contributed by atoms with E-state index < -0.39 is 36.4 Å². The normalized spacial score (nSPS) is 18.0. The quantitative estimate of drug-likeness (QED) is 0.572. The summed E-state index contributed by atoms with van der Waals surface area (Å²) in [6.45, 7) is 1.41. The molecule has 1 unspecified atom stereocenters. The van der Waals surface area contributed by atoms with Gasteiger partial charge in [0.25, 0.3) is 0 Å². The van der Waals surface area contributed by atoms with Crippen molar-refractivity contribution in [2.45, 2.75) is 38.9 Å². The number of nitrogens with one attached hydrogen (secondary N) is 1. The number of Topliss-reactive ketones (excluding diaryl/α,β-unsaturated/α-hetero) is 1. The maximum absolute atomic E-state index is 13.5. The van der Waals surface area contributed by atoms with Crippen molar-refractivity contribution in [3.8, 4) is 0 Å². The number of nitrogens with zero attached hydrogens (tertiary/aromatic N) is 1. The maximum Gasteiger partial charge on any atom is 0.414 e. The van der Waals surface area contributed by atoms with E-state index in [2.05, 4.69) is 5.32 Å². The van der Waals surface area contributed by atoms with Crippen molar-refractivity contribution in [1.82, 2.24) is 9.88 Å². The minimum atomic E-state index is -4.41. The summed E-state index contributed by atoms with van der Waals surface area (Å²) in [6.07, 6.45) is -3.65. The Labute approximate surface area is 164 Å². The molecule has 3 N–H and O–H groups in total. The number of alkyl halides is 3. The van der Waals surface area contributed by atoms with Gasteiger partial charge in [0.1, 0.15) is 6.04 Å². The van der Waals surface area contributed by atoms with Crippen LogP contribution in [0.15, 0.2) is 18.2 Å². The number of carbonyl (C=O) groups excluding carboxylic acids is 1. The monoisotopic (exact) mass is 414 g/mol. The van der Waals surface area contributed by atoms with Gasteiger partial charge in [0.05, 0.1) is 5.52 Å². The molecule has 0 aliphatic carbocycles. The highest BCUT2D eigenvalue weighted by molar-refractivity contribution is 6.27. The Balaban J connectivity index is 0.000000379. The first kappa shape index (κ1) is 22.4. The molecule has 1 aromatic carbocycles. The number of carbonyl (C=O) groups is 3. The highest BCUT2D eigenvalue weighted by atomic mass is 19.4. The summed E-state index contributed by atoms with van der Waals surface area (Å²) in [6, 6.07) is 3.52. The first-order valence-electron chi connectivity index (χ1n) is 8.54. The molecule has 0 radical (unpaired) electrons. The number of carboxylic acid groups (broad SMARTS) is 2. The van der Waals surface area contributed by atoms with Gasteiger partial charge in [-0.3, -0.25) is 4.79 Å². The molecular weight excluding hydrogens is 393 g/mol. The molecule has 0 saturated heterocycles. The van der Waals surface area contributed by atoms with Crippen LogP contribution in [0.25, 0.3) is 10.9 Å². The van der Waals surface area contributed by atoms with Crippen molar-refractivity contribution >= 4 is 28.6 Å². The molecule has 0 fully saturated rings. The second-order valence-corrected chi connectivity index (χ2v) is 6.54. The Morgan fingerprint density at radius 1 is 1.10 bits per heavy atom. The highest BCUT2D eigenvalue weighted by Gasteiger charge is 2.47. The number of fused-ring (bicyclic) bond motifs is 3. The molecule has 1 atom stereocenters. The van der Waals surface area contributed by atoms with E-state index in [0.29, 0.717) is 30.5 Å². The summed E-state index contributed by atoms with van der Waals surface area (Å²) < 4.78 is 41.9. The van der Waals surface area contributed by atoms with Crippen molar-refractivity contribution in [2.75, 3.05) is 13.1 Å². The van der Waals surface area contributed by atoms with Crippen LogP contribution in [0, 0.1) is 0 Å². The van der Waals surface area contributed by atoms with Gasteiger partial charge in [0.15, 0.2) is 5.78 Å². The largest absolute Gasteiger partial charge is 0.473 e. The second kappa shape index (κ2) is 8.24. The van der Waals surface area contributed by atoms with E-state index in [9.17, 15) is 18.0 Å². The van der Waals surface area contributed by atoms with Crippen LogP contribution in [-0.2, 0) is 22.4 Å². The highest BCUT2D eigenvalue weighted by Crippen LogP contribution is 2.44. The smallest absolute Gasteiger partial charge is 0.414 e. The van der Waals surface area contributed by atoms with Gasteiger partial charge in [-0.2, -0.15) is 13.2 Å². The predicted molar refractivity (Wildman–Crippen MR) is 98.3 cm³/mol. The molecule has 2 aliphatic heterocycles. The van der Waals surface area contributed by atoms with Gasteiger partial charge < -0.3 is 20.1 Å². The van der Waals surface area contributed by atoms with E-state index in [4.69, 9.17) is 19.8 Å². The van der Waals surface area contributed by atoms with Gasteiger partial charge >= 0.3 is 18.1 Å². The number of aromatic nitrogens is 1.